The first kappa shape index (κ1) is 22.7. The summed E-state index contributed by atoms with van der Waals surface area (Å²) in [6, 6.07) is 12.5. The van der Waals surface area contributed by atoms with Gasteiger partial charge in [-0.05, 0) is 18.2 Å². The molecule has 114 valence electrons. The normalized spacial score (nSPS) is 15.6. The third-order valence-electron chi connectivity index (χ3n) is 3.28. The SMILES string of the molecule is O=C(O)C1N=C(c2ccccc2)c2cc(Cl)ccc2NC1=O.[H-].[H-].[K+].[K+]. The van der Waals surface area contributed by atoms with Crippen molar-refractivity contribution in [2.24, 2.45) is 4.99 Å². The Kier molecular flexibility index (Phi) is 9.51. The van der Waals surface area contributed by atoms with Crippen molar-refractivity contribution in [2.75, 3.05) is 5.32 Å². The van der Waals surface area contributed by atoms with E-state index in [4.69, 9.17) is 11.6 Å². The first-order valence-corrected chi connectivity index (χ1v) is 6.91. The second-order valence-corrected chi connectivity index (χ2v) is 5.20. The second-order valence-electron chi connectivity index (χ2n) is 4.76. The molecule has 0 radical (unpaired) electrons. The maximum atomic E-state index is 12.0. The van der Waals surface area contributed by atoms with Crippen LogP contribution in [0.25, 0.3) is 0 Å². The van der Waals surface area contributed by atoms with Gasteiger partial charge in [-0.1, -0.05) is 41.9 Å². The zero-order valence-electron chi connectivity index (χ0n) is 15.3. The smallest absolute Gasteiger partial charge is 1.00 e. The Bertz CT molecular complexity index is 807. The number of fused-ring (bicyclic) bond motifs is 1. The van der Waals surface area contributed by atoms with Gasteiger partial charge >= 0.3 is 109 Å². The van der Waals surface area contributed by atoms with E-state index in [-0.39, 0.29) is 106 Å². The van der Waals surface area contributed by atoms with Gasteiger partial charge in [0.25, 0.3) is 5.91 Å². The standard InChI is InChI=1S/C16H11ClN2O3.2K.2H/c17-10-6-7-12-11(8-10)13(9-4-2-1-3-5-9)19-14(16(21)22)15(20)18-12;;;;/h1-8,14H,(H,18,20)(H,21,22);;;;/q;2*+1;2*-1. The molecule has 1 heterocycles. The van der Waals surface area contributed by atoms with Crippen molar-refractivity contribution in [3.63, 3.8) is 0 Å². The van der Waals surface area contributed by atoms with Crippen LogP contribution < -0.4 is 108 Å². The minimum absolute atomic E-state index is 0. The summed E-state index contributed by atoms with van der Waals surface area (Å²) < 4.78 is 0. The predicted molar refractivity (Wildman–Crippen MR) is 85.8 cm³/mol. The Labute approximate surface area is 232 Å². The second kappa shape index (κ2) is 10.1. The topological polar surface area (TPSA) is 78.8 Å². The Morgan fingerprint density at radius 2 is 1.83 bits per heavy atom. The number of carbonyl (C=O) groups excluding carboxylic acids is 1. The van der Waals surface area contributed by atoms with Crippen LogP contribution in [0.5, 0.6) is 0 Å². The summed E-state index contributed by atoms with van der Waals surface area (Å²) in [4.78, 5) is 27.5. The van der Waals surface area contributed by atoms with Crippen LogP contribution in [-0.2, 0) is 9.59 Å². The summed E-state index contributed by atoms with van der Waals surface area (Å²) in [6.45, 7) is 0. The van der Waals surface area contributed by atoms with Gasteiger partial charge in [0.2, 0.25) is 6.04 Å². The van der Waals surface area contributed by atoms with Crippen molar-refractivity contribution >= 4 is 34.9 Å². The van der Waals surface area contributed by atoms with Crippen LogP contribution in [-0.4, -0.2) is 28.7 Å². The summed E-state index contributed by atoms with van der Waals surface area (Å²) in [6.07, 6.45) is 0. The van der Waals surface area contributed by atoms with E-state index >= 15 is 0 Å². The first-order chi connectivity index (χ1) is 10.6. The Morgan fingerprint density at radius 3 is 2.46 bits per heavy atom. The predicted octanol–water partition coefficient (Wildman–Crippen LogP) is -3.18. The van der Waals surface area contributed by atoms with Gasteiger partial charge < -0.3 is 13.3 Å². The maximum Gasteiger partial charge on any atom is 1.00 e. The van der Waals surface area contributed by atoms with Crippen molar-refractivity contribution in [3.8, 4) is 0 Å². The zero-order valence-corrected chi connectivity index (χ0v) is 20.3. The van der Waals surface area contributed by atoms with Crippen LogP contribution in [0.1, 0.15) is 14.0 Å². The van der Waals surface area contributed by atoms with Gasteiger partial charge in [0.1, 0.15) is 0 Å². The minimum Gasteiger partial charge on any atom is -1.00 e. The number of hydrogen-bond donors (Lipinski definition) is 2. The number of amides is 1. The van der Waals surface area contributed by atoms with Crippen LogP contribution in [0.3, 0.4) is 0 Å². The van der Waals surface area contributed by atoms with E-state index in [1.165, 1.54) is 0 Å². The van der Waals surface area contributed by atoms with E-state index in [1.54, 1.807) is 30.3 Å². The maximum absolute atomic E-state index is 12.0. The number of carboxylic acid groups (broad SMARTS) is 1. The number of nitrogens with one attached hydrogen (secondary N) is 1. The first-order valence-electron chi connectivity index (χ1n) is 6.53. The Morgan fingerprint density at radius 1 is 1.17 bits per heavy atom. The fourth-order valence-corrected chi connectivity index (χ4v) is 2.45. The van der Waals surface area contributed by atoms with Crippen LogP contribution in [0, 0.1) is 0 Å². The van der Waals surface area contributed by atoms with Crippen LogP contribution >= 0.6 is 11.6 Å². The number of nitrogens with zero attached hydrogens (tertiary/aromatic N) is 1. The average molecular weight is 395 g/mol. The molecule has 2 N–H and O–H groups in total. The summed E-state index contributed by atoms with van der Waals surface area (Å²) in [7, 11) is 0. The van der Waals surface area contributed by atoms with Crippen molar-refractivity contribution in [1.82, 2.24) is 0 Å². The van der Waals surface area contributed by atoms with Crippen LogP contribution in [0.4, 0.5) is 5.69 Å². The summed E-state index contributed by atoms with van der Waals surface area (Å²) in [5, 5.41) is 12.3. The van der Waals surface area contributed by atoms with E-state index in [0.717, 1.165) is 0 Å². The third-order valence-corrected chi connectivity index (χ3v) is 3.52. The van der Waals surface area contributed by atoms with Crippen LogP contribution in [0.15, 0.2) is 53.5 Å². The van der Waals surface area contributed by atoms with Gasteiger partial charge in [-0.25, -0.2) is 4.79 Å². The van der Waals surface area contributed by atoms with Gasteiger partial charge in [0.05, 0.1) is 11.4 Å². The van der Waals surface area contributed by atoms with Gasteiger partial charge in [-0.2, -0.15) is 0 Å². The molecule has 0 bridgehead atoms. The van der Waals surface area contributed by atoms with Crippen molar-refractivity contribution in [2.45, 2.75) is 6.04 Å². The Balaban J connectivity index is 0. The number of rotatable bonds is 2. The summed E-state index contributed by atoms with van der Waals surface area (Å²) in [5.41, 5.74) is 2.22. The summed E-state index contributed by atoms with van der Waals surface area (Å²) in [5.74, 6) is -1.98. The molecule has 1 amide bonds. The molecule has 8 heteroatoms. The molecular formula is C16H13ClK2N2O3. The molecule has 0 spiro atoms. The summed E-state index contributed by atoms with van der Waals surface area (Å²) >= 11 is 6.03. The molecule has 0 aromatic heterocycles. The molecule has 2 aromatic carbocycles. The van der Waals surface area contributed by atoms with Gasteiger partial charge in [-0.15, -0.1) is 0 Å². The van der Waals surface area contributed by atoms with Crippen molar-refractivity contribution in [1.29, 1.82) is 0 Å². The number of anilines is 1. The fourth-order valence-electron chi connectivity index (χ4n) is 2.27. The monoisotopic (exact) mass is 394 g/mol. The Hall–Kier alpha value is 0.613. The quantitative estimate of drug-likeness (QED) is 0.416. The molecule has 1 atom stereocenters. The van der Waals surface area contributed by atoms with E-state index < -0.39 is 17.9 Å². The minimum atomic E-state index is -1.50. The number of aliphatic imine (C=N–C) groups is 1. The molecule has 1 aliphatic rings. The number of halogens is 1. The number of benzodiazepines with no additional fused rings is 1. The molecule has 0 fully saturated rings. The average Bonchev–Trinajstić information content (AvgIpc) is 2.64. The van der Waals surface area contributed by atoms with Gasteiger partial charge in [0.15, 0.2) is 0 Å². The molecule has 3 rings (SSSR count). The number of carboxylic acids is 1. The molecule has 24 heavy (non-hydrogen) atoms. The van der Waals surface area contributed by atoms with Crippen molar-refractivity contribution < 1.29 is 120 Å². The molecule has 1 aliphatic heterocycles. The van der Waals surface area contributed by atoms with Gasteiger partial charge in [0, 0.05) is 16.1 Å². The zero-order chi connectivity index (χ0) is 15.7. The molecule has 5 nitrogen and oxygen atoms in total. The van der Waals surface area contributed by atoms with Crippen molar-refractivity contribution in [3.05, 3.63) is 64.7 Å². The molecule has 0 saturated heterocycles. The molecule has 1 unspecified atom stereocenters. The largest absolute Gasteiger partial charge is 1.00 e. The molecule has 2 aromatic rings. The van der Waals surface area contributed by atoms with E-state index in [2.05, 4.69) is 10.3 Å². The fraction of sp³-hybridized carbons (Fsp3) is 0.0625. The molecule has 0 saturated carbocycles. The number of benzene rings is 2. The number of carbonyl (C=O) groups is 2. The number of aliphatic carboxylic acids is 1. The third kappa shape index (κ3) is 5.08. The van der Waals surface area contributed by atoms with E-state index in [9.17, 15) is 14.7 Å². The van der Waals surface area contributed by atoms with Gasteiger partial charge in [-0.3, -0.25) is 9.79 Å². The van der Waals surface area contributed by atoms with E-state index in [0.29, 0.717) is 27.5 Å². The van der Waals surface area contributed by atoms with E-state index in [1.807, 2.05) is 18.2 Å². The molecule has 0 aliphatic carbocycles. The number of hydrogen-bond acceptors (Lipinski definition) is 3. The van der Waals surface area contributed by atoms with Crippen LogP contribution in [0.2, 0.25) is 5.02 Å². The molecular weight excluding hydrogens is 382 g/mol.